The molecule has 0 unspecified atom stereocenters. The fourth-order valence-electron chi connectivity index (χ4n) is 3.06. The number of anilines is 1. The van der Waals surface area contributed by atoms with Crippen molar-refractivity contribution < 1.29 is 33.3 Å². The second kappa shape index (κ2) is 10.1. The van der Waals surface area contributed by atoms with Crippen LogP contribution in [-0.4, -0.2) is 36.8 Å². The summed E-state index contributed by atoms with van der Waals surface area (Å²) >= 11 is 3.41. The van der Waals surface area contributed by atoms with E-state index in [0.717, 1.165) is 5.56 Å². The van der Waals surface area contributed by atoms with E-state index in [0.29, 0.717) is 33.8 Å². The van der Waals surface area contributed by atoms with E-state index in [1.165, 1.54) is 19.9 Å². The first-order valence-electron chi connectivity index (χ1n) is 10.2. The fraction of sp³-hybridized carbons (Fsp3) is 0.292. The third-order valence-corrected chi connectivity index (χ3v) is 5.12. The lowest BCUT2D eigenvalue weighted by molar-refractivity contribution is -0.222. The second-order valence-electron chi connectivity index (χ2n) is 7.65. The lowest BCUT2D eigenvalue weighted by atomic mass is 10.1. The number of hydrogen-bond acceptors (Lipinski definition) is 7. The van der Waals surface area contributed by atoms with Gasteiger partial charge in [-0.05, 0) is 65.2 Å². The van der Waals surface area contributed by atoms with Gasteiger partial charge in [0.2, 0.25) is 0 Å². The van der Waals surface area contributed by atoms with Crippen molar-refractivity contribution in [1.29, 1.82) is 0 Å². The van der Waals surface area contributed by atoms with Crippen LogP contribution >= 0.6 is 15.9 Å². The lowest BCUT2D eigenvalue weighted by Gasteiger charge is -2.29. The number of carbonyl (C=O) groups excluding carboxylic acids is 3. The smallest absolute Gasteiger partial charge is 0.348 e. The Labute approximate surface area is 200 Å². The third-order valence-electron chi connectivity index (χ3n) is 4.53. The molecule has 0 aliphatic carbocycles. The molecule has 1 aliphatic rings. The molecule has 1 aliphatic heterocycles. The monoisotopic (exact) mass is 517 g/mol. The van der Waals surface area contributed by atoms with Crippen LogP contribution in [0.15, 0.2) is 46.4 Å². The van der Waals surface area contributed by atoms with E-state index in [2.05, 4.69) is 21.2 Å². The minimum absolute atomic E-state index is 0.241. The molecule has 1 heterocycles. The number of cyclic esters (lactones) is 2. The SMILES string of the molecule is CCOc1cc(C=C2C(=O)OC(C)(C)OC2=O)cc(Br)c1OCC(=O)Nc1ccccc1C. The van der Waals surface area contributed by atoms with Crippen LogP contribution in [0, 0.1) is 6.92 Å². The third kappa shape index (κ3) is 6.13. The summed E-state index contributed by atoms with van der Waals surface area (Å²) in [7, 11) is 0. The van der Waals surface area contributed by atoms with Crippen molar-refractivity contribution in [1.82, 2.24) is 0 Å². The molecule has 0 atom stereocenters. The van der Waals surface area contributed by atoms with Gasteiger partial charge in [0.25, 0.3) is 11.7 Å². The van der Waals surface area contributed by atoms with Crippen molar-refractivity contribution in [3.8, 4) is 11.5 Å². The normalized spacial score (nSPS) is 14.8. The second-order valence-corrected chi connectivity index (χ2v) is 8.51. The highest BCUT2D eigenvalue weighted by atomic mass is 79.9. The van der Waals surface area contributed by atoms with Crippen molar-refractivity contribution in [2.24, 2.45) is 0 Å². The van der Waals surface area contributed by atoms with Crippen LogP contribution in [0.3, 0.4) is 0 Å². The Hall–Kier alpha value is -3.33. The minimum atomic E-state index is -1.32. The first kappa shape index (κ1) is 24.3. The average molecular weight is 518 g/mol. The molecular weight excluding hydrogens is 494 g/mol. The first-order valence-corrected chi connectivity index (χ1v) is 11.0. The van der Waals surface area contributed by atoms with Crippen LogP contribution in [-0.2, 0) is 23.9 Å². The van der Waals surface area contributed by atoms with Crippen LogP contribution < -0.4 is 14.8 Å². The Morgan fingerprint density at radius 3 is 2.42 bits per heavy atom. The number of hydrogen-bond donors (Lipinski definition) is 1. The zero-order valence-corrected chi connectivity index (χ0v) is 20.3. The van der Waals surface area contributed by atoms with Gasteiger partial charge < -0.3 is 24.3 Å². The average Bonchev–Trinajstić information content (AvgIpc) is 2.71. The Morgan fingerprint density at radius 2 is 1.79 bits per heavy atom. The summed E-state index contributed by atoms with van der Waals surface area (Å²) in [6, 6.07) is 10.6. The Kier molecular flexibility index (Phi) is 7.43. The van der Waals surface area contributed by atoms with Gasteiger partial charge >= 0.3 is 11.9 Å². The van der Waals surface area contributed by atoms with Crippen molar-refractivity contribution in [3.05, 3.63) is 57.6 Å². The number of aryl methyl sites for hydroxylation is 1. The van der Waals surface area contributed by atoms with Crippen molar-refractivity contribution >= 4 is 45.5 Å². The molecule has 1 saturated heterocycles. The number of amides is 1. The molecule has 174 valence electrons. The van der Waals surface area contributed by atoms with Crippen molar-refractivity contribution in [2.45, 2.75) is 33.5 Å². The molecule has 0 bridgehead atoms. The molecule has 1 fully saturated rings. The van der Waals surface area contributed by atoms with E-state index >= 15 is 0 Å². The number of ether oxygens (including phenoxy) is 4. The van der Waals surface area contributed by atoms with Gasteiger partial charge in [0.05, 0.1) is 11.1 Å². The quantitative estimate of drug-likeness (QED) is 0.330. The number of benzene rings is 2. The summed E-state index contributed by atoms with van der Waals surface area (Å²) in [5, 5.41) is 2.80. The number of para-hydroxylation sites is 1. The molecule has 33 heavy (non-hydrogen) atoms. The standard InChI is InChI=1S/C24H24BrNO7/c1-5-30-19-12-15(10-16-22(28)32-24(3,4)33-23(16)29)11-17(25)21(19)31-13-20(27)26-18-9-7-6-8-14(18)2/h6-12H,5,13H2,1-4H3,(H,26,27). The number of nitrogens with one attached hydrogen (secondary N) is 1. The maximum Gasteiger partial charge on any atom is 0.348 e. The molecule has 0 saturated carbocycles. The van der Waals surface area contributed by atoms with Gasteiger partial charge in [-0.15, -0.1) is 0 Å². The van der Waals surface area contributed by atoms with E-state index < -0.39 is 17.7 Å². The molecule has 0 radical (unpaired) electrons. The first-order chi connectivity index (χ1) is 15.6. The van der Waals surface area contributed by atoms with Crippen LogP contribution in [0.2, 0.25) is 0 Å². The van der Waals surface area contributed by atoms with Crippen molar-refractivity contribution in [3.63, 3.8) is 0 Å². The summed E-state index contributed by atoms with van der Waals surface area (Å²) in [5.74, 6) is -2.56. The van der Waals surface area contributed by atoms with E-state index in [-0.39, 0.29) is 18.1 Å². The Balaban J connectivity index is 1.80. The molecule has 1 N–H and O–H groups in total. The highest BCUT2D eigenvalue weighted by molar-refractivity contribution is 9.10. The van der Waals surface area contributed by atoms with Crippen LogP contribution in [0.25, 0.3) is 6.08 Å². The predicted molar refractivity (Wildman–Crippen MR) is 125 cm³/mol. The summed E-state index contributed by atoms with van der Waals surface area (Å²) in [4.78, 5) is 36.8. The van der Waals surface area contributed by atoms with Gasteiger partial charge in [0.15, 0.2) is 18.1 Å². The largest absolute Gasteiger partial charge is 0.490 e. The zero-order chi connectivity index (χ0) is 24.2. The molecule has 0 aromatic heterocycles. The van der Waals surface area contributed by atoms with Gasteiger partial charge in [0, 0.05) is 19.5 Å². The molecule has 2 aromatic rings. The van der Waals surface area contributed by atoms with Gasteiger partial charge in [-0.2, -0.15) is 0 Å². The van der Waals surface area contributed by atoms with E-state index in [4.69, 9.17) is 18.9 Å². The maximum atomic E-state index is 12.4. The maximum absolute atomic E-state index is 12.4. The fourth-order valence-corrected chi connectivity index (χ4v) is 3.63. The minimum Gasteiger partial charge on any atom is -0.490 e. The molecule has 0 spiro atoms. The zero-order valence-electron chi connectivity index (χ0n) is 18.7. The number of halogens is 1. The summed E-state index contributed by atoms with van der Waals surface area (Å²) in [5.41, 5.74) is 1.87. The number of rotatable bonds is 7. The van der Waals surface area contributed by atoms with Gasteiger partial charge in [-0.1, -0.05) is 18.2 Å². The highest BCUT2D eigenvalue weighted by Gasteiger charge is 2.38. The molecule has 9 heteroatoms. The van der Waals surface area contributed by atoms with Gasteiger partial charge in [0.1, 0.15) is 5.57 Å². The topological polar surface area (TPSA) is 100 Å². The van der Waals surface area contributed by atoms with E-state index in [1.807, 2.05) is 25.1 Å². The molecule has 3 rings (SSSR count). The Morgan fingerprint density at radius 1 is 1.12 bits per heavy atom. The number of carbonyl (C=O) groups is 3. The van der Waals surface area contributed by atoms with Crippen molar-refractivity contribution in [2.75, 3.05) is 18.5 Å². The summed E-state index contributed by atoms with van der Waals surface area (Å²) in [6.45, 7) is 6.73. The lowest BCUT2D eigenvalue weighted by Crippen LogP contribution is -2.41. The molecule has 2 aromatic carbocycles. The van der Waals surface area contributed by atoms with Gasteiger partial charge in [-0.3, -0.25) is 4.79 Å². The van der Waals surface area contributed by atoms with Crippen LogP contribution in [0.5, 0.6) is 11.5 Å². The summed E-state index contributed by atoms with van der Waals surface area (Å²) in [6.07, 6.45) is 1.35. The Bertz CT molecular complexity index is 1100. The predicted octanol–water partition coefficient (Wildman–Crippen LogP) is 4.39. The highest BCUT2D eigenvalue weighted by Crippen LogP contribution is 2.38. The van der Waals surface area contributed by atoms with E-state index in [1.54, 1.807) is 25.1 Å². The van der Waals surface area contributed by atoms with Gasteiger partial charge in [-0.25, -0.2) is 9.59 Å². The molecule has 8 nitrogen and oxygen atoms in total. The van der Waals surface area contributed by atoms with Crippen LogP contribution in [0.4, 0.5) is 5.69 Å². The number of esters is 2. The van der Waals surface area contributed by atoms with Crippen LogP contribution in [0.1, 0.15) is 31.9 Å². The summed E-state index contributed by atoms with van der Waals surface area (Å²) < 4.78 is 22.1. The van der Waals surface area contributed by atoms with E-state index in [9.17, 15) is 14.4 Å². The molecule has 1 amide bonds. The molecular formula is C24H24BrNO7.